The van der Waals surface area contributed by atoms with E-state index in [4.69, 9.17) is 14.8 Å². The standard InChI is InChI=1S/C15H22NO3P/c1-4-18-20(3,17,19-5-2)15-11-10-14(16)12-8-6-7-9-13(12)15/h6-11,17H,4-5,16H2,1-3H3. The third-order valence-corrected chi connectivity index (χ3v) is 6.56. The van der Waals surface area contributed by atoms with E-state index in [9.17, 15) is 4.89 Å². The van der Waals surface area contributed by atoms with Crippen molar-refractivity contribution in [1.29, 1.82) is 0 Å². The molecule has 0 saturated carbocycles. The van der Waals surface area contributed by atoms with E-state index >= 15 is 0 Å². The maximum absolute atomic E-state index is 11.2. The molecule has 0 radical (unpaired) electrons. The molecule has 0 aliphatic rings. The Kier molecular flexibility index (Phi) is 4.03. The molecule has 0 aromatic heterocycles. The number of nitrogen functional groups attached to an aromatic ring is 1. The van der Waals surface area contributed by atoms with Gasteiger partial charge in [-0.05, 0) is 0 Å². The Bertz CT molecular complexity index is 618. The van der Waals surface area contributed by atoms with Gasteiger partial charge in [-0.3, -0.25) is 0 Å². The van der Waals surface area contributed by atoms with Gasteiger partial charge in [-0.2, -0.15) is 0 Å². The molecule has 0 unspecified atom stereocenters. The van der Waals surface area contributed by atoms with Gasteiger partial charge in [0.05, 0.1) is 0 Å². The molecule has 0 aliphatic carbocycles. The van der Waals surface area contributed by atoms with Crippen LogP contribution in [0.15, 0.2) is 36.4 Å². The van der Waals surface area contributed by atoms with E-state index in [0.717, 1.165) is 10.8 Å². The Labute approximate surface area is 119 Å². The molecule has 0 atom stereocenters. The number of hydrogen-bond acceptors (Lipinski definition) is 4. The second-order valence-corrected chi connectivity index (χ2v) is 8.48. The fourth-order valence-corrected chi connectivity index (χ4v) is 5.25. The van der Waals surface area contributed by atoms with Crippen LogP contribution in [-0.4, -0.2) is 24.8 Å². The van der Waals surface area contributed by atoms with Gasteiger partial charge in [0.1, 0.15) is 0 Å². The van der Waals surface area contributed by atoms with Gasteiger partial charge in [-0.25, -0.2) is 0 Å². The molecular formula is C15H22NO3P. The van der Waals surface area contributed by atoms with Gasteiger partial charge in [-0.15, -0.1) is 0 Å². The molecule has 0 heterocycles. The second kappa shape index (κ2) is 5.30. The molecule has 3 N–H and O–H groups in total. The molecular weight excluding hydrogens is 273 g/mol. The zero-order valence-corrected chi connectivity index (χ0v) is 13.1. The van der Waals surface area contributed by atoms with Gasteiger partial charge in [0.15, 0.2) is 0 Å². The van der Waals surface area contributed by atoms with Crippen LogP contribution in [0.25, 0.3) is 10.8 Å². The van der Waals surface area contributed by atoms with E-state index in [1.54, 1.807) is 18.8 Å². The first-order chi connectivity index (χ1) is 9.41. The summed E-state index contributed by atoms with van der Waals surface area (Å²) in [5, 5.41) is 2.45. The first kappa shape index (κ1) is 15.2. The molecule has 5 heteroatoms. The molecule has 0 amide bonds. The van der Waals surface area contributed by atoms with Crippen LogP contribution >= 0.6 is 7.28 Å². The fourth-order valence-electron chi connectivity index (χ4n) is 2.53. The molecule has 110 valence electrons. The summed E-state index contributed by atoms with van der Waals surface area (Å²) >= 11 is 0. The van der Waals surface area contributed by atoms with Gasteiger partial charge in [-0.1, -0.05) is 0 Å². The second-order valence-electron chi connectivity index (χ2n) is 4.86. The molecule has 0 aliphatic heterocycles. The maximum atomic E-state index is 11.2. The summed E-state index contributed by atoms with van der Waals surface area (Å²) in [6, 6.07) is 11.3. The molecule has 2 aromatic carbocycles. The summed E-state index contributed by atoms with van der Waals surface area (Å²) < 4.78 is 11.4. The van der Waals surface area contributed by atoms with Crippen molar-refractivity contribution in [2.24, 2.45) is 0 Å². The number of anilines is 1. The first-order valence-corrected chi connectivity index (χ1v) is 9.23. The number of hydrogen-bond donors (Lipinski definition) is 2. The average Bonchev–Trinajstić information content (AvgIpc) is 2.39. The first-order valence-electron chi connectivity index (χ1n) is 6.75. The zero-order valence-electron chi connectivity index (χ0n) is 12.2. The van der Waals surface area contributed by atoms with Gasteiger partial charge in [0.2, 0.25) is 0 Å². The van der Waals surface area contributed by atoms with Crippen LogP contribution in [0.1, 0.15) is 13.8 Å². The van der Waals surface area contributed by atoms with E-state index in [0.29, 0.717) is 24.2 Å². The van der Waals surface area contributed by atoms with Crippen LogP contribution in [0.5, 0.6) is 0 Å². The molecule has 0 spiro atoms. The summed E-state index contributed by atoms with van der Waals surface area (Å²) in [7, 11) is -3.85. The monoisotopic (exact) mass is 295 g/mol. The summed E-state index contributed by atoms with van der Waals surface area (Å²) in [5.41, 5.74) is 6.69. The van der Waals surface area contributed by atoms with Crippen LogP contribution in [0.2, 0.25) is 0 Å². The quantitative estimate of drug-likeness (QED) is 0.657. The van der Waals surface area contributed by atoms with Crippen molar-refractivity contribution in [3.8, 4) is 0 Å². The molecule has 2 rings (SSSR count). The van der Waals surface area contributed by atoms with Crippen LogP contribution in [0, 0.1) is 0 Å². The van der Waals surface area contributed by atoms with E-state index in [1.165, 1.54) is 0 Å². The number of rotatable bonds is 5. The summed E-state index contributed by atoms with van der Waals surface area (Å²) in [4.78, 5) is 11.2. The Balaban J connectivity index is 2.76. The van der Waals surface area contributed by atoms with Gasteiger partial charge < -0.3 is 0 Å². The van der Waals surface area contributed by atoms with E-state index in [-0.39, 0.29) is 0 Å². The molecule has 4 nitrogen and oxygen atoms in total. The minimum absolute atomic E-state index is 0.378. The van der Waals surface area contributed by atoms with E-state index in [2.05, 4.69) is 0 Å². The topological polar surface area (TPSA) is 64.7 Å². The molecule has 0 saturated heterocycles. The summed E-state index contributed by atoms with van der Waals surface area (Å²) in [6.07, 6.45) is 0. The molecule has 0 fully saturated rings. The Morgan fingerprint density at radius 1 is 1.00 bits per heavy atom. The van der Waals surface area contributed by atoms with Crippen molar-refractivity contribution in [3.63, 3.8) is 0 Å². The van der Waals surface area contributed by atoms with Crippen LogP contribution in [0.4, 0.5) is 5.69 Å². The minimum atomic E-state index is -3.85. The van der Waals surface area contributed by atoms with Crippen LogP contribution < -0.4 is 11.0 Å². The fraction of sp³-hybridized carbons (Fsp3) is 0.333. The molecule has 2 aromatic rings. The van der Waals surface area contributed by atoms with Gasteiger partial charge >= 0.3 is 119 Å². The summed E-state index contributed by atoms with van der Waals surface area (Å²) in [6.45, 7) is 6.11. The zero-order chi connectivity index (χ0) is 14.8. The van der Waals surface area contributed by atoms with Crippen LogP contribution in [-0.2, 0) is 9.05 Å². The molecule has 20 heavy (non-hydrogen) atoms. The number of nitrogens with two attached hydrogens (primary N) is 1. The predicted octanol–water partition coefficient (Wildman–Crippen LogP) is 3.04. The normalized spacial score (nSPS) is 14.1. The third-order valence-electron chi connectivity index (χ3n) is 3.35. The summed E-state index contributed by atoms with van der Waals surface area (Å²) in [5.74, 6) is 0. The SMILES string of the molecule is CCOP(C)(O)(OCC)c1ccc(N)c2ccccc12. The van der Waals surface area contributed by atoms with Crippen molar-refractivity contribution in [2.45, 2.75) is 13.8 Å². The van der Waals surface area contributed by atoms with Gasteiger partial charge in [0, 0.05) is 0 Å². The van der Waals surface area contributed by atoms with E-state index in [1.807, 2.05) is 38.1 Å². The van der Waals surface area contributed by atoms with Gasteiger partial charge in [0.25, 0.3) is 0 Å². The van der Waals surface area contributed by atoms with Crippen molar-refractivity contribution in [1.82, 2.24) is 0 Å². The third kappa shape index (κ3) is 2.52. The van der Waals surface area contributed by atoms with Crippen molar-refractivity contribution in [3.05, 3.63) is 36.4 Å². The Morgan fingerprint density at radius 2 is 1.55 bits per heavy atom. The average molecular weight is 295 g/mol. The number of benzene rings is 2. The van der Waals surface area contributed by atoms with Crippen LogP contribution in [0.3, 0.4) is 0 Å². The van der Waals surface area contributed by atoms with Crippen molar-refractivity contribution >= 4 is 29.0 Å². The predicted molar refractivity (Wildman–Crippen MR) is 86.3 cm³/mol. The van der Waals surface area contributed by atoms with Crippen molar-refractivity contribution < 1.29 is 13.9 Å². The Hall–Kier alpha value is -1.19. The Morgan fingerprint density at radius 3 is 2.10 bits per heavy atom. The molecule has 0 bridgehead atoms. The number of fused-ring (bicyclic) bond motifs is 1. The van der Waals surface area contributed by atoms with Crippen molar-refractivity contribution in [2.75, 3.05) is 25.6 Å². The van der Waals surface area contributed by atoms with E-state index < -0.39 is 7.28 Å².